The molecule has 39 heavy (non-hydrogen) atoms. The summed E-state index contributed by atoms with van der Waals surface area (Å²) in [7, 11) is 0. The Hall–Kier alpha value is -1.76. The minimum Gasteiger partial charge on any atom is -0.457 e. The molecule has 0 fully saturated rings. The largest absolute Gasteiger partial charge is 0.457 e. The van der Waals surface area contributed by atoms with Gasteiger partial charge < -0.3 is 4.74 Å². The lowest BCUT2D eigenvalue weighted by molar-refractivity contribution is 0.444. The SMILES string of the molecule is CCCCCCCCCCCCCC(CCCCCCCCCCCC)c1ccccc1Oc1ccccc1. The van der Waals surface area contributed by atoms with Crippen molar-refractivity contribution in [2.75, 3.05) is 0 Å². The zero-order chi connectivity index (χ0) is 27.6. The van der Waals surface area contributed by atoms with Gasteiger partial charge in [0.25, 0.3) is 0 Å². The van der Waals surface area contributed by atoms with Crippen molar-refractivity contribution in [3.8, 4) is 11.5 Å². The van der Waals surface area contributed by atoms with Gasteiger partial charge in [-0.1, -0.05) is 185 Å². The molecule has 0 bridgehead atoms. The molecule has 1 unspecified atom stereocenters. The highest BCUT2D eigenvalue weighted by molar-refractivity contribution is 5.40. The van der Waals surface area contributed by atoms with Gasteiger partial charge >= 0.3 is 0 Å². The molecule has 0 aromatic heterocycles. The molecule has 1 heteroatoms. The molecule has 0 N–H and O–H groups in total. The highest BCUT2D eigenvalue weighted by Crippen LogP contribution is 2.36. The second-order valence-corrected chi connectivity index (χ2v) is 11.9. The lowest BCUT2D eigenvalue weighted by Gasteiger charge is -2.21. The third kappa shape index (κ3) is 16.8. The molecule has 2 rings (SSSR count). The second-order valence-electron chi connectivity index (χ2n) is 11.9. The third-order valence-corrected chi connectivity index (χ3v) is 8.39. The third-order valence-electron chi connectivity index (χ3n) is 8.39. The van der Waals surface area contributed by atoms with E-state index in [1.165, 1.54) is 153 Å². The molecule has 0 saturated heterocycles. The molecule has 0 saturated carbocycles. The van der Waals surface area contributed by atoms with Gasteiger partial charge in [-0.3, -0.25) is 0 Å². The van der Waals surface area contributed by atoms with Crippen molar-refractivity contribution in [2.45, 2.75) is 167 Å². The van der Waals surface area contributed by atoms with E-state index >= 15 is 0 Å². The minimum absolute atomic E-state index is 0.609. The molecule has 0 aliphatic carbocycles. The summed E-state index contributed by atoms with van der Waals surface area (Å²) in [6.45, 7) is 4.60. The van der Waals surface area contributed by atoms with Crippen LogP contribution >= 0.6 is 0 Å². The highest BCUT2D eigenvalue weighted by atomic mass is 16.5. The van der Waals surface area contributed by atoms with Crippen LogP contribution in [0.4, 0.5) is 0 Å². The van der Waals surface area contributed by atoms with Crippen molar-refractivity contribution >= 4 is 0 Å². The van der Waals surface area contributed by atoms with E-state index in [0.29, 0.717) is 5.92 Å². The second kappa shape index (κ2) is 24.1. The van der Waals surface area contributed by atoms with E-state index in [2.05, 4.69) is 68.4 Å². The predicted molar refractivity (Wildman–Crippen MR) is 173 cm³/mol. The highest BCUT2D eigenvalue weighted by Gasteiger charge is 2.16. The maximum atomic E-state index is 6.40. The van der Waals surface area contributed by atoms with E-state index in [0.717, 1.165) is 11.5 Å². The topological polar surface area (TPSA) is 9.23 Å². The molecule has 0 spiro atoms. The molecule has 0 amide bonds. The molecular weight excluding hydrogens is 472 g/mol. The van der Waals surface area contributed by atoms with E-state index in [1.54, 1.807) is 0 Å². The zero-order valence-electron chi connectivity index (χ0n) is 25.9. The van der Waals surface area contributed by atoms with Crippen LogP contribution in [0, 0.1) is 0 Å². The van der Waals surface area contributed by atoms with Gasteiger partial charge in [0.05, 0.1) is 0 Å². The summed E-state index contributed by atoms with van der Waals surface area (Å²) in [5, 5.41) is 0. The van der Waals surface area contributed by atoms with Crippen LogP contribution in [0.2, 0.25) is 0 Å². The monoisotopic (exact) mass is 534 g/mol. The van der Waals surface area contributed by atoms with Gasteiger partial charge in [0.15, 0.2) is 0 Å². The first-order valence-corrected chi connectivity index (χ1v) is 17.2. The van der Waals surface area contributed by atoms with E-state index in [-0.39, 0.29) is 0 Å². The van der Waals surface area contributed by atoms with Gasteiger partial charge in [0.1, 0.15) is 11.5 Å². The average molecular weight is 535 g/mol. The zero-order valence-corrected chi connectivity index (χ0v) is 25.9. The van der Waals surface area contributed by atoms with Gasteiger partial charge in [-0.05, 0) is 42.5 Å². The number of benzene rings is 2. The predicted octanol–water partition coefficient (Wildman–Crippen LogP) is 13.6. The van der Waals surface area contributed by atoms with Crippen LogP contribution in [0.1, 0.15) is 173 Å². The summed E-state index contributed by atoms with van der Waals surface area (Å²) in [6.07, 6.45) is 32.2. The molecule has 2 aromatic carbocycles. The van der Waals surface area contributed by atoms with E-state index in [4.69, 9.17) is 4.74 Å². The van der Waals surface area contributed by atoms with Gasteiger partial charge in [-0.25, -0.2) is 0 Å². The normalized spacial score (nSPS) is 12.1. The van der Waals surface area contributed by atoms with Crippen LogP contribution in [-0.4, -0.2) is 0 Å². The van der Waals surface area contributed by atoms with Crippen molar-refractivity contribution in [3.63, 3.8) is 0 Å². The number of ether oxygens (including phenoxy) is 1. The molecule has 0 aliphatic rings. The lowest BCUT2D eigenvalue weighted by Crippen LogP contribution is -2.02. The summed E-state index contributed by atoms with van der Waals surface area (Å²) in [5.74, 6) is 2.61. The van der Waals surface area contributed by atoms with E-state index in [1.807, 2.05) is 0 Å². The van der Waals surface area contributed by atoms with Crippen molar-refractivity contribution in [3.05, 3.63) is 60.2 Å². The van der Waals surface area contributed by atoms with Gasteiger partial charge in [-0.2, -0.15) is 0 Å². The summed E-state index contributed by atoms with van der Waals surface area (Å²) in [6, 6.07) is 19.1. The Bertz CT molecular complexity index is 782. The average Bonchev–Trinajstić information content (AvgIpc) is 2.96. The van der Waals surface area contributed by atoms with Crippen LogP contribution in [0.15, 0.2) is 54.6 Å². The summed E-state index contributed by atoms with van der Waals surface area (Å²) in [4.78, 5) is 0. The van der Waals surface area contributed by atoms with E-state index in [9.17, 15) is 0 Å². The van der Waals surface area contributed by atoms with Gasteiger partial charge in [0.2, 0.25) is 0 Å². The van der Waals surface area contributed by atoms with Crippen LogP contribution < -0.4 is 4.74 Å². The molecule has 0 radical (unpaired) electrons. The Morgan fingerprint density at radius 1 is 0.436 bits per heavy atom. The fourth-order valence-electron chi connectivity index (χ4n) is 5.91. The van der Waals surface area contributed by atoms with Crippen LogP contribution in [0.5, 0.6) is 11.5 Å². The van der Waals surface area contributed by atoms with Crippen LogP contribution in [-0.2, 0) is 0 Å². The van der Waals surface area contributed by atoms with Crippen LogP contribution in [0.25, 0.3) is 0 Å². The Morgan fingerprint density at radius 3 is 1.28 bits per heavy atom. The van der Waals surface area contributed by atoms with Gasteiger partial charge in [0, 0.05) is 0 Å². The molecule has 1 atom stereocenters. The Morgan fingerprint density at radius 2 is 0.821 bits per heavy atom. The van der Waals surface area contributed by atoms with Crippen LogP contribution in [0.3, 0.4) is 0 Å². The Labute approximate surface area is 243 Å². The first-order valence-electron chi connectivity index (χ1n) is 17.2. The molecular formula is C38H62O. The first kappa shape index (κ1) is 33.4. The first-order chi connectivity index (χ1) is 19.3. The number of hydrogen-bond donors (Lipinski definition) is 0. The summed E-state index contributed by atoms with van der Waals surface area (Å²) < 4.78 is 6.40. The maximum absolute atomic E-state index is 6.40. The quantitative estimate of drug-likeness (QED) is 0.109. The van der Waals surface area contributed by atoms with Crippen molar-refractivity contribution in [2.24, 2.45) is 0 Å². The molecule has 0 heterocycles. The van der Waals surface area contributed by atoms with Gasteiger partial charge in [-0.15, -0.1) is 0 Å². The number of rotatable bonds is 26. The van der Waals surface area contributed by atoms with Crippen molar-refractivity contribution in [1.29, 1.82) is 0 Å². The number of hydrogen-bond acceptors (Lipinski definition) is 1. The fourth-order valence-corrected chi connectivity index (χ4v) is 5.91. The molecule has 220 valence electrons. The Kier molecular flexibility index (Phi) is 20.6. The summed E-state index contributed by atoms with van der Waals surface area (Å²) in [5.41, 5.74) is 1.42. The number of para-hydroxylation sites is 2. The fraction of sp³-hybridized carbons (Fsp3) is 0.684. The Balaban J connectivity index is 1.77. The smallest absolute Gasteiger partial charge is 0.130 e. The van der Waals surface area contributed by atoms with Crippen molar-refractivity contribution in [1.82, 2.24) is 0 Å². The maximum Gasteiger partial charge on any atom is 0.130 e. The molecule has 0 aliphatic heterocycles. The molecule has 1 nitrogen and oxygen atoms in total. The van der Waals surface area contributed by atoms with E-state index < -0.39 is 0 Å². The lowest BCUT2D eigenvalue weighted by atomic mass is 9.87. The standard InChI is InChI=1S/C38H62O/c1-3-5-7-9-11-13-15-17-19-21-24-30-35(29-23-20-18-16-14-12-10-8-6-4-2)37-33-27-28-34-38(37)39-36-31-25-22-26-32-36/h22,25-28,31-35H,3-21,23-24,29-30H2,1-2H3. The summed E-state index contributed by atoms with van der Waals surface area (Å²) >= 11 is 0. The van der Waals surface area contributed by atoms with Crippen molar-refractivity contribution < 1.29 is 4.74 Å². The number of unbranched alkanes of at least 4 members (excludes halogenated alkanes) is 19. The molecule has 2 aromatic rings. The minimum atomic E-state index is 0.609.